The van der Waals surface area contributed by atoms with Crippen LogP contribution in [0.5, 0.6) is 0 Å². The normalized spacial score (nSPS) is 11.5. The monoisotopic (exact) mass is 296 g/mol. The molecule has 6 heteroatoms. The van der Waals surface area contributed by atoms with Crippen molar-refractivity contribution in [2.24, 2.45) is 5.73 Å². The summed E-state index contributed by atoms with van der Waals surface area (Å²) in [6, 6.07) is 8.79. The Morgan fingerprint density at radius 2 is 2.00 bits per heavy atom. The Kier molecular flexibility index (Phi) is 3.93. The van der Waals surface area contributed by atoms with Gasteiger partial charge in [-0.3, -0.25) is 4.72 Å². The third-order valence-corrected chi connectivity index (χ3v) is 5.30. The lowest BCUT2D eigenvalue weighted by Crippen LogP contribution is -2.13. The average Bonchev–Trinajstić information content (AvgIpc) is 2.69. The number of hydrogen-bond donors (Lipinski definition) is 2. The van der Waals surface area contributed by atoms with Gasteiger partial charge in [0, 0.05) is 22.0 Å². The van der Waals surface area contributed by atoms with Gasteiger partial charge in [-0.15, -0.1) is 11.3 Å². The van der Waals surface area contributed by atoms with Crippen LogP contribution in [-0.2, 0) is 16.6 Å². The van der Waals surface area contributed by atoms with Crippen molar-refractivity contribution in [1.82, 2.24) is 0 Å². The molecule has 2 rings (SSSR count). The van der Waals surface area contributed by atoms with Gasteiger partial charge in [0.05, 0.1) is 0 Å². The van der Waals surface area contributed by atoms with Crippen molar-refractivity contribution in [3.05, 3.63) is 45.6 Å². The Labute approximate surface area is 117 Å². The van der Waals surface area contributed by atoms with Gasteiger partial charge in [0.1, 0.15) is 4.90 Å². The Hall–Kier alpha value is -1.37. The highest BCUT2D eigenvalue weighted by molar-refractivity contribution is 7.93. The van der Waals surface area contributed by atoms with Gasteiger partial charge in [-0.05, 0) is 37.6 Å². The van der Waals surface area contributed by atoms with Gasteiger partial charge in [0.15, 0.2) is 0 Å². The van der Waals surface area contributed by atoms with E-state index in [-0.39, 0.29) is 0 Å². The van der Waals surface area contributed by atoms with Gasteiger partial charge < -0.3 is 5.73 Å². The van der Waals surface area contributed by atoms with Gasteiger partial charge in [-0.2, -0.15) is 0 Å². The molecule has 0 aliphatic carbocycles. The van der Waals surface area contributed by atoms with E-state index in [4.69, 9.17) is 5.73 Å². The molecule has 0 saturated carbocycles. The molecule has 0 fully saturated rings. The predicted octanol–water partition coefficient (Wildman–Crippen LogP) is 2.62. The standard InChI is InChI=1S/C13H16N2O2S2/c1-9-6-13(10(2)18-9)19(16,17)15-12-5-3-4-11(7-12)8-14/h3-7,15H,8,14H2,1-2H3. The quantitative estimate of drug-likeness (QED) is 0.911. The minimum absolute atomic E-state index is 0.341. The second-order valence-electron chi connectivity index (χ2n) is 4.29. The smallest absolute Gasteiger partial charge is 0.262 e. The van der Waals surface area contributed by atoms with Crippen molar-refractivity contribution < 1.29 is 8.42 Å². The third kappa shape index (κ3) is 3.15. The molecule has 102 valence electrons. The molecule has 0 bridgehead atoms. The molecule has 0 aliphatic rings. The van der Waals surface area contributed by atoms with Crippen LogP contribution in [0.3, 0.4) is 0 Å². The zero-order valence-corrected chi connectivity index (χ0v) is 12.4. The molecular formula is C13H16N2O2S2. The Morgan fingerprint density at radius 3 is 2.58 bits per heavy atom. The maximum atomic E-state index is 12.3. The van der Waals surface area contributed by atoms with E-state index in [9.17, 15) is 8.42 Å². The number of benzene rings is 1. The van der Waals surface area contributed by atoms with Crippen LogP contribution in [0.4, 0.5) is 5.69 Å². The average molecular weight is 296 g/mol. The molecule has 4 nitrogen and oxygen atoms in total. The van der Waals surface area contributed by atoms with Crippen LogP contribution in [0, 0.1) is 13.8 Å². The number of sulfonamides is 1. The first kappa shape index (κ1) is 14.0. The zero-order chi connectivity index (χ0) is 14.0. The van der Waals surface area contributed by atoms with Gasteiger partial charge in [0.25, 0.3) is 10.0 Å². The molecule has 0 saturated heterocycles. The summed E-state index contributed by atoms with van der Waals surface area (Å²) < 4.78 is 27.2. The van der Waals surface area contributed by atoms with Crippen molar-refractivity contribution in [2.75, 3.05) is 4.72 Å². The number of aryl methyl sites for hydroxylation is 2. The first-order chi connectivity index (χ1) is 8.92. The highest BCUT2D eigenvalue weighted by Gasteiger charge is 2.19. The highest BCUT2D eigenvalue weighted by atomic mass is 32.2. The minimum atomic E-state index is -3.53. The lowest BCUT2D eigenvalue weighted by Gasteiger charge is -2.08. The fraction of sp³-hybridized carbons (Fsp3) is 0.231. The Bertz CT molecular complexity index is 690. The number of rotatable bonds is 4. The third-order valence-electron chi connectivity index (χ3n) is 2.70. The van der Waals surface area contributed by atoms with E-state index in [0.717, 1.165) is 15.3 Å². The topological polar surface area (TPSA) is 72.2 Å². The van der Waals surface area contributed by atoms with Crippen LogP contribution in [-0.4, -0.2) is 8.42 Å². The van der Waals surface area contributed by atoms with Crippen molar-refractivity contribution in [1.29, 1.82) is 0 Å². The van der Waals surface area contributed by atoms with Gasteiger partial charge in [-0.1, -0.05) is 12.1 Å². The van der Waals surface area contributed by atoms with Crippen molar-refractivity contribution in [2.45, 2.75) is 25.3 Å². The number of hydrogen-bond acceptors (Lipinski definition) is 4. The molecule has 0 unspecified atom stereocenters. The summed E-state index contributed by atoms with van der Waals surface area (Å²) in [5, 5.41) is 0. The van der Waals surface area contributed by atoms with Crippen LogP contribution in [0.25, 0.3) is 0 Å². The van der Waals surface area contributed by atoms with Crippen LogP contribution >= 0.6 is 11.3 Å². The molecule has 1 aromatic heterocycles. The molecule has 0 aliphatic heterocycles. The maximum absolute atomic E-state index is 12.3. The number of nitrogens with one attached hydrogen (secondary N) is 1. The molecule has 19 heavy (non-hydrogen) atoms. The van der Waals surface area contributed by atoms with E-state index in [1.807, 2.05) is 19.9 Å². The van der Waals surface area contributed by atoms with Crippen LogP contribution in [0.15, 0.2) is 35.2 Å². The molecule has 2 aromatic rings. The summed E-state index contributed by atoms with van der Waals surface area (Å²) in [7, 11) is -3.53. The zero-order valence-electron chi connectivity index (χ0n) is 10.8. The molecular weight excluding hydrogens is 280 g/mol. The molecule has 0 spiro atoms. The van der Waals surface area contributed by atoms with Crippen LogP contribution < -0.4 is 10.5 Å². The fourth-order valence-corrected chi connectivity index (χ4v) is 4.45. The second-order valence-corrected chi connectivity index (χ2v) is 7.40. The number of anilines is 1. The minimum Gasteiger partial charge on any atom is -0.326 e. The summed E-state index contributed by atoms with van der Waals surface area (Å²) in [5.41, 5.74) is 6.97. The molecule has 1 aromatic carbocycles. The SMILES string of the molecule is Cc1cc(S(=O)(=O)Nc2cccc(CN)c2)c(C)s1. The van der Waals surface area contributed by atoms with E-state index < -0.39 is 10.0 Å². The Morgan fingerprint density at radius 1 is 1.26 bits per heavy atom. The first-order valence-corrected chi connectivity index (χ1v) is 8.11. The molecule has 1 heterocycles. The molecule has 0 amide bonds. The predicted molar refractivity (Wildman–Crippen MR) is 78.9 cm³/mol. The van der Waals surface area contributed by atoms with Crippen LogP contribution in [0.2, 0.25) is 0 Å². The van der Waals surface area contributed by atoms with Crippen LogP contribution in [0.1, 0.15) is 15.3 Å². The van der Waals surface area contributed by atoms with E-state index in [1.54, 1.807) is 24.3 Å². The van der Waals surface area contributed by atoms with Crippen molar-refractivity contribution in [3.63, 3.8) is 0 Å². The molecule has 3 N–H and O–H groups in total. The fourth-order valence-electron chi connectivity index (χ4n) is 1.85. The van der Waals surface area contributed by atoms with E-state index in [0.29, 0.717) is 17.1 Å². The summed E-state index contributed by atoms with van der Waals surface area (Å²) >= 11 is 1.48. The van der Waals surface area contributed by atoms with Crippen molar-refractivity contribution in [3.8, 4) is 0 Å². The highest BCUT2D eigenvalue weighted by Crippen LogP contribution is 2.26. The Balaban J connectivity index is 2.33. The van der Waals surface area contributed by atoms with E-state index in [2.05, 4.69) is 4.72 Å². The largest absolute Gasteiger partial charge is 0.326 e. The number of thiophene rings is 1. The molecule has 0 atom stereocenters. The first-order valence-electron chi connectivity index (χ1n) is 5.81. The summed E-state index contributed by atoms with van der Waals surface area (Å²) in [6.07, 6.45) is 0. The summed E-state index contributed by atoms with van der Waals surface area (Å²) in [5.74, 6) is 0. The van der Waals surface area contributed by atoms with Gasteiger partial charge in [-0.25, -0.2) is 8.42 Å². The summed E-state index contributed by atoms with van der Waals surface area (Å²) in [6.45, 7) is 4.08. The summed E-state index contributed by atoms with van der Waals surface area (Å²) in [4.78, 5) is 2.11. The van der Waals surface area contributed by atoms with Crippen molar-refractivity contribution >= 4 is 27.0 Å². The lowest BCUT2D eigenvalue weighted by atomic mass is 10.2. The van der Waals surface area contributed by atoms with Gasteiger partial charge >= 0.3 is 0 Å². The maximum Gasteiger partial charge on any atom is 0.262 e. The second kappa shape index (κ2) is 5.32. The number of nitrogens with two attached hydrogens (primary N) is 1. The molecule has 0 radical (unpaired) electrons. The lowest BCUT2D eigenvalue weighted by molar-refractivity contribution is 0.601. The van der Waals surface area contributed by atoms with E-state index >= 15 is 0 Å². The van der Waals surface area contributed by atoms with Gasteiger partial charge in [0.2, 0.25) is 0 Å². The van der Waals surface area contributed by atoms with E-state index in [1.165, 1.54) is 11.3 Å².